The number of rotatable bonds is 5. The van der Waals surface area contributed by atoms with Crippen molar-refractivity contribution in [2.24, 2.45) is 0 Å². The number of imide groups is 1. The Labute approximate surface area is 172 Å². The van der Waals surface area contributed by atoms with Gasteiger partial charge in [-0.25, -0.2) is 4.90 Å². The highest BCUT2D eigenvalue weighted by atomic mass is 19.4. The van der Waals surface area contributed by atoms with Crippen molar-refractivity contribution >= 4 is 23.1 Å². The zero-order chi connectivity index (χ0) is 22.2. The predicted octanol–water partition coefficient (Wildman–Crippen LogP) is 3.53. The second kappa shape index (κ2) is 7.95. The molecule has 1 aliphatic rings. The molecular weight excluding hydrogens is 397 g/mol. The molecule has 0 aromatic heterocycles. The Morgan fingerprint density at radius 3 is 2.33 bits per heavy atom. The van der Waals surface area contributed by atoms with Crippen LogP contribution in [0.3, 0.4) is 0 Å². The van der Waals surface area contributed by atoms with E-state index in [1.807, 2.05) is 13.0 Å². The largest absolute Gasteiger partial charge is 0.416 e. The molecule has 8 heteroatoms. The standard InChI is InChI=1S/C22H21F3N2O3/c1-13-7-8-17(14(2)11-13)18-19(26(3)9-10-28)21(30)27(20(18)29)16-6-4-5-15(12-16)22(23,24)25/h4-8,11-12,28H,9-10H2,1-3H3. The molecule has 30 heavy (non-hydrogen) atoms. The molecule has 3 rings (SSSR count). The van der Waals surface area contributed by atoms with E-state index in [0.717, 1.165) is 34.2 Å². The lowest BCUT2D eigenvalue weighted by Crippen LogP contribution is -2.35. The summed E-state index contributed by atoms with van der Waals surface area (Å²) >= 11 is 0. The van der Waals surface area contributed by atoms with Crippen LogP contribution in [0.25, 0.3) is 5.57 Å². The van der Waals surface area contributed by atoms with E-state index in [-0.39, 0.29) is 30.1 Å². The van der Waals surface area contributed by atoms with Gasteiger partial charge in [0.2, 0.25) is 0 Å². The highest BCUT2D eigenvalue weighted by Crippen LogP contribution is 2.38. The molecule has 158 valence electrons. The average molecular weight is 418 g/mol. The Morgan fingerprint density at radius 2 is 1.73 bits per heavy atom. The number of alkyl halides is 3. The van der Waals surface area contributed by atoms with Gasteiger partial charge in [0.15, 0.2) is 0 Å². The lowest BCUT2D eigenvalue weighted by atomic mass is 9.97. The quantitative estimate of drug-likeness (QED) is 0.755. The van der Waals surface area contributed by atoms with Gasteiger partial charge in [0.25, 0.3) is 11.8 Å². The molecule has 5 nitrogen and oxygen atoms in total. The molecule has 0 radical (unpaired) electrons. The van der Waals surface area contributed by atoms with Crippen molar-refractivity contribution < 1.29 is 27.9 Å². The van der Waals surface area contributed by atoms with Gasteiger partial charge >= 0.3 is 6.18 Å². The average Bonchev–Trinajstić information content (AvgIpc) is 2.92. The molecule has 0 aliphatic carbocycles. The number of aliphatic hydroxyl groups excluding tert-OH is 1. The fourth-order valence-corrected chi connectivity index (χ4v) is 3.53. The fraction of sp³-hybridized carbons (Fsp3) is 0.273. The summed E-state index contributed by atoms with van der Waals surface area (Å²) in [6.45, 7) is 3.51. The van der Waals surface area contributed by atoms with Crippen molar-refractivity contribution in [1.29, 1.82) is 0 Å². The van der Waals surface area contributed by atoms with Gasteiger partial charge in [0.05, 0.1) is 23.4 Å². The summed E-state index contributed by atoms with van der Waals surface area (Å²) in [5, 5.41) is 9.31. The normalized spacial score (nSPS) is 14.7. The Hall–Kier alpha value is -3.13. The number of anilines is 1. The van der Waals surface area contributed by atoms with Crippen LogP contribution in [0, 0.1) is 13.8 Å². The second-order valence-corrected chi connectivity index (χ2v) is 7.18. The monoisotopic (exact) mass is 418 g/mol. The number of nitrogens with zero attached hydrogens (tertiary/aromatic N) is 2. The Balaban J connectivity index is 2.16. The van der Waals surface area contributed by atoms with Crippen LogP contribution < -0.4 is 4.90 Å². The number of amides is 2. The minimum Gasteiger partial charge on any atom is -0.395 e. The van der Waals surface area contributed by atoms with Crippen molar-refractivity contribution in [1.82, 2.24) is 4.90 Å². The van der Waals surface area contributed by atoms with Gasteiger partial charge in [-0.3, -0.25) is 9.59 Å². The Kier molecular flexibility index (Phi) is 5.72. The summed E-state index contributed by atoms with van der Waals surface area (Å²) in [7, 11) is 1.55. The zero-order valence-electron chi connectivity index (χ0n) is 16.7. The summed E-state index contributed by atoms with van der Waals surface area (Å²) in [5.74, 6) is -1.43. The first-order chi connectivity index (χ1) is 14.1. The molecule has 2 aromatic carbocycles. The molecule has 0 atom stereocenters. The van der Waals surface area contributed by atoms with Crippen molar-refractivity contribution in [3.05, 3.63) is 70.4 Å². The van der Waals surface area contributed by atoms with E-state index in [1.54, 1.807) is 26.1 Å². The minimum absolute atomic E-state index is 0.0402. The molecule has 0 spiro atoms. The maximum Gasteiger partial charge on any atom is 0.416 e. The maximum atomic E-state index is 13.3. The van der Waals surface area contributed by atoms with Crippen LogP contribution in [0.15, 0.2) is 48.2 Å². The van der Waals surface area contributed by atoms with Crippen molar-refractivity contribution in [3.63, 3.8) is 0 Å². The molecule has 0 saturated carbocycles. The highest BCUT2D eigenvalue weighted by molar-refractivity contribution is 6.45. The van der Waals surface area contributed by atoms with E-state index in [9.17, 15) is 27.9 Å². The molecule has 0 bridgehead atoms. The number of carbonyl (C=O) groups excluding carboxylic acids is 2. The predicted molar refractivity (Wildman–Crippen MR) is 106 cm³/mol. The summed E-state index contributed by atoms with van der Waals surface area (Å²) in [4.78, 5) is 28.7. The first kappa shape index (κ1) is 21.6. The number of aliphatic hydroxyl groups is 1. The third-order valence-electron chi connectivity index (χ3n) is 4.96. The van der Waals surface area contributed by atoms with Crippen LogP contribution in [0.5, 0.6) is 0 Å². The van der Waals surface area contributed by atoms with Gasteiger partial charge < -0.3 is 10.0 Å². The molecule has 0 fully saturated rings. The van der Waals surface area contributed by atoms with Gasteiger partial charge in [-0.05, 0) is 43.2 Å². The molecule has 2 aromatic rings. The number of halogens is 3. The van der Waals surface area contributed by atoms with Crippen LogP contribution >= 0.6 is 0 Å². The Morgan fingerprint density at radius 1 is 1.03 bits per heavy atom. The van der Waals surface area contributed by atoms with Gasteiger partial charge in [-0.15, -0.1) is 0 Å². The van der Waals surface area contributed by atoms with Crippen molar-refractivity contribution in [2.45, 2.75) is 20.0 Å². The zero-order valence-corrected chi connectivity index (χ0v) is 16.7. The summed E-state index contributed by atoms with van der Waals surface area (Å²) in [6.07, 6.45) is -4.61. The van der Waals surface area contributed by atoms with E-state index < -0.39 is 23.6 Å². The van der Waals surface area contributed by atoms with E-state index in [0.29, 0.717) is 5.56 Å². The van der Waals surface area contributed by atoms with Crippen LogP contribution in [0.4, 0.5) is 18.9 Å². The third kappa shape index (κ3) is 3.82. The molecule has 1 aliphatic heterocycles. The first-order valence-corrected chi connectivity index (χ1v) is 9.26. The van der Waals surface area contributed by atoms with E-state index in [2.05, 4.69) is 0 Å². The van der Waals surface area contributed by atoms with Gasteiger partial charge in [0, 0.05) is 13.6 Å². The summed E-state index contributed by atoms with van der Waals surface area (Å²) < 4.78 is 39.5. The van der Waals surface area contributed by atoms with Crippen LogP contribution in [-0.4, -0.2) is 42.0 Å². The van der Waals surface area contributed by atoms with E-state index in [4.69, 9.17) is 0 Å². The molecule has 0 unspecified atom stereocenters. The van der Waals surface area contributed by atoms with Crippen LogP contribution in [0.1, 0.15) is 22.3 Å². The number of aryl methyl sites for hydroxylation is 2. The number of benzene rings is 2. The number of hydrogen-bond acceptors (Lipinski definition) is 4. The second-order valence-electron chi connectivity index (χ2n) is 7.18. The number of likely N-dealkylation sites (N-methyl/N-ethyl adjacent to an activating group) is 1. The Bertz CT molecular complexity index is 1040. The molecule has 0 saturated heterocycles. The lowest BCUT2D eigenvalue weighted by Gasteiger charge is -2.21. The van der Waals surface area contributed by atoms with Crippen molar-refractivity contribution in [3.8, 4) is 0 Å². The third-order valence-corrected chi connectivity index (χ3v) is 4.96. The van der Waals surface area contributed by atoms with Crippen LogP contribution in [0.2, 0.25) is 0 Å². The molecular formula is C22H21F3N2O3. The van der Waals surface area contributed by atoms with Gasteiger partial charge in [-0.1, -0.05) is 29.8 Å². The lowest BCUT2D eigenvalue weighted by molar-refractivity contribution is -0.137. The SMILES string of the molecule is Cc1ccc(C2=C(N(C)CCO)C(=O)N(c3cccc(C(F)(F)F)c3)C2=O)c(C)c1. The minimum atomic E-state index is -4.61. The van der Waals surface area contributed by atoms with Crippen LogP contribution in [-0.2, 0) is 15.8 Å². The van der Waals surface area contributed by atoms with Gasteiger partial charge in [-0.2, -0.15) is 13.2 Å². The highest BCUT2D eigenvalue weighted by Gasteiger charge is 2.42. The topological polar surface area (TPSA) is 60.9 Å². The maximum absolute atomic E-state index is 13.3. The number of hydrogen-bond donors (Lipinski definition) is 1. The van der Waals surface area contributed by atoms with Crippen molar-refractivity contribution in [2.75, 3.05) is 25.1 Å². The summed E-state index contributed by atoms with van der Waals surface area (Å²) in [6, 6.07) is 9.48. The summed E-state index contributed by atoms with van der Waals surface area (Å²) in [5.41, 5.74) is 1.28. The molecule has 1 heterocycles. The van der Waals surface area contributed by atoms with Gasteiger partial charge in [0.1, 0.15) is 5.70 Å². The number of carbonyl (C=O) groups is 2. The first-order valence-electron chi connectivity index (χ1n) is 9.26. The molecule has 2 amide bonds. The fourth-order valence-electron chi connectivity index (χ4n) is 3.53. The van der Waals surface area contributed by atoms with E-state index in [1.165, 1.54) is 11.0 Å². The molecule has 1 N–H and O–H groups in total. The smallest absolute Gasteiger partial charge is 0.395 e. The van der Waals surface area contributed by atoms with E-state index >= 15 is 0 Å².